The number of nitrogens with zero attached hydrogens (tertiary/aromatic N) is 1. The zero-order chi connectivity index (χ0) is 17.6. The number of methoxy groups -OCH3 is 2. The largest absolute Gasteiger partial charge is 0.497 e. The molecule has 0 spiro atoms. The monoisotopic (exact) mass is 375 g/mol. The van der Waals surface area contributed by atoms with Crippen LogP contribution < -0.4 is 20.1 Å². The van der Waals surface area contributed by atoms with Gasteiger partial charge in [0.25, 0.3) is 5.91 Å². The van der Waals surface area contributed by atoms with Crippen LogP contribution in [-0.2, 0) is 6.54 Å². The maximum absolute atomic E-state index is 12.2. The van der Waals surface area contributed by atoms with Crippen molar-refractivity contribution >= 4 is 39.4 Å². The van der Waals surface area contributed by atoms with Crippen LogP contribution in [0.15, 0.2) is 41.1 Å². The first-order valence-electron chi connectivity index (χ1n) is 7.44. The van der Waals surface area contributed by atoms with Gasteiger partial charge in [-0.2, -0.15) is 0 Å². The first-order chi connectivity index (χ1) is 12.2. The molecule has 1 amide bonds. The highest BCUT2D eigenvalue weighted by Crippen LogP contribution is 2.32. The van der Waals surface area contributed by atoms with Crippen LogP contribution in [0.25, 0.3) is 0 Å². The fourth-order valence-corrected chi connectivity index (χ4v) is 3.47. The topological polar surface area (TPSA) is 72.5 Å². The Morgan fingerprint density at radius 2 is 2.08 bits per heavy atom. The number of thiazole rings is 1. The smallest absolute Gasteiger partial charge is 0.271 e. The Morgan fingerprint density at radius 3 is 2.80 bits per heavy atom. The zero-order valence-electron chi connectivity index (χ0n) is 13.7. The molecule has 0 atom stereocenters. The van der Waals surface area contributed by atoms with Gasteiger partial charge in [0.15, 0.2) is 5.13 Å². The Balaban J connectivity index is 1.66. The lowest BCUT2D eigenvalue weighted by Crippen LogP contribution is -2.22. The molecule has 3 aromatic rings. The second kappa shape index (κ2) is 8.00. The second-order valence-electron chi connectivity index (χ2n) is 4.99. The average Bonchev–Trinajstić information content (AvgIpc) is 3.32. The van der Waals surface area contributed by atoms with Crippen molar-refractivity contribution in [3.05, 3.63) is 51.7 Å². The van der Waals surface area contributed by atoms with Gasteiger partial charge in [-0.05, 0) is 23.6 Å². The van der Waals surface area contributed by atoms with Gasteiger partial charge in [-0.1, -0.05) is 6.07 Å². The van der Waals surface area contributed by atoms with E-state index in [4.69, 9.17) is 9.47 Å². The van der Waals surface area contributed by atoms with E-state index in [0.717, 1.165) is 10.6 Å². The van der Waals surface area contributed by atoms with Crippen molar-refractivity contribution in [1.29, 1.82) is 0 Å². The molecule has 0 aliphatic carbocycles. The number of hydrogen-bond acceptors (Lipinski definition) is 7. The van der Waals surface area contributed by atoms with Crippen LogP contribution in [0.2, 0.25) is 0 Å². The van der Waals surface area contributed by atoms with Gasteiger partial charge in [0, 0.05) is 16.3 Å². The van der Waals surface area contributed by atoms with E-state index in [2.05, 4.69) is 15.6 Å². The number of amides is 1. The fourth-order valence-electron chi connectivity index (χ4n) is 2.12. The molecule has 0 bridgehead atoms. The van der Waals surface area contributed by atoms with Gasteiger partial charge < -0.3 is 20.1 Å². The summed E-state index contributed by atoms with van der Waals surface area (Å²) >= 11 is 2.96. The van der Waals surface area contributed by atoms with E-state index in [-0.39, 0.29) is 5.91 Å². The molecule has 0 aliphatic rings. The van der Waals surface area contributed by atoms with E-state index in [1.54, 1.807) is 37.0 Å². The molecular formula is C17H17N3O3S2. The van der Waals surface area contributed by atoms with Crippen LogP contribution in [0.5, 0.6) is 11.5 Å². The second-order valence-corrected chi connectivity index (χ2v) is 6.88. The first-order valence-corrected chi connectivity index (χ1v) is 9.20. The quantitative estimate of drug-likeness (QED) is 0.655. The van der Waals surface area contributed by atoms with E-state index in [0.29, 0.717) is 28.9 Å². The number of hydrogen-bond donors (Lipinski definition) is 2. The number of ether oxygens (including phenoxy) is 2. The average molecular weight is 375 g/mol. The highest BCUT2D eigenvalue weighted by Gasteiger charge is 2.12. The van der Waals surface area contributed by atoms with Crippen molar-refractivity contribution in [3.63, 3.8) is 0 Å². The predicted molar refractivity (Wildman–Crippen MR) is 100 cm³/mol. The summed E-state index contributed by atoms with van der Waals surface area (Å²) in [5, 5.41) is 10.4. The normalized spacial score (nSPS) is 10.3. The van der Waals surface area contributed by atoms with Gasteiger partial charge >= 0.3 is 0 Å². The number of anilines is 2. The molecule has 0 radical (unpaired) electrons. The molecule has 25 heavy (non-hydrogen) atoms. The summed E-state index contributed by atoms with van der Waals surface area (Å²) in [6.45, 7) is 0.503. The summed E-state index contributed by atoms with van der Waals surface area (Å²) in [6, 6.07) is 9.39. The zero-order valence-corrected chi connectivity index (χ0v) is 15.4. The van der Waals surface area contributed by atoms with E-state index >= 15 is 0 Å². The minimum Gasteiger partial charge on any atom is -0.497 e. The van der Waals surface area contributed by atoms with Crippen LogP contribution in [0, 0.1) is 0 Å². The highest BCUT2D eigenvalue weighted by molar-refractivity contribution is 7.14. The predicted octanol–water partition coefficient (Wildman–Crippen LogP) is 3.90. The Morgan fingerprint density at radius 1 is 1.20 bits per heavy atom. The van der Waals surface area contributed by atoms with Gasteiger partial charge in [-0.25, -0.2) is 4.98 Å². The number of nitrogens with one attached hydrogen (secondary N) is 2. The van der Waals surface area contributed by atoms with Gasteiger partial charge in [0.2, 0.25) is 0 Å². The van der Waals surface area contributed by atoms with Crippen molar-refractivity contribution < 1.29 is 14.3 Å². The molecule has 0 saturated carbocycles. The number of carbonyl (C=O) groups excluding carboxylic acids is 1. The van der Waals surface area contributed by atoms with Crippen LogP contribution in [-0.4, -0.2) is 25.1 Å². The third kappa shape index (κ3) is 4.28. The fraction of sp³-hybridized carbons (Fsp3) is 0.176. The minimum absolute atomic E-state index is 0.195. The van der Waals surface area contributed by atoms with Crippen molar-refractivity contribution in [1.82, 2.24) is 10.3 Å². The molecule has 0 unspecified atom stereocenters. The maximum Gasteiger partial charge on any atom is 0.271 e. The van der Waals surface area contributed by atoms with Crippen molar-refractivity contribution in [2.24, 2.45) is 0 Å². The molecule has 0 saturated heterocycles. The first kappa shape index (κ1) is 17.2. The van der Waals surface area contributed by atoms with Gasteiger partial charge in [-0.3, -0.25) is 4.79 Å². The Bertz CT molecular complexity index is 847. The summed E-state index contributed by atoms with van der Waals surface area (Å²) in [4.78, 5) is 17.6. The van der Waals surface area contributed by atoms with Crippen molar-refractivity contribution in [2.45, 2.75) is 6.54 Å². The van der Waals surface area contributed by atoms with E-state index in [9.17, 15) is 4.79 Å². The summed E-state index contributed by atoms with van der Waals surface area (Å²) in [5.41, 5.74) is 1.14. The molecule has 0 aliphatic heterocycles. The molecule has 0 fully saturated rings. The Labute approximate surface area is 153 Å². The van der Waals surface area contributed by atoms with Crippen molar-refractivity contribution in [3.8, 4) is 11.5 Å². The molecule has 1 aromatic carbocycles. The third-order valence-electron chi connectivity index (χ3n) is 3.39. The molecule has 2 aromatic heterocycles. The van der Waals surface area contributed by atoms with Crippen LogP contribution in [0.4, 0.5) is 10.8 Å². The van der Waals surface area contributed by atoms with Crippen LogP contribution in [0.3, 0.4) is 0 Å². The van der Waals surface area contributed by atoms with Crippen molar-refractivity contribution in [2.75, 3.05) is 19.5 Å². The summed E-state index contributed by atoms with van der Waals surface area (Å²) in [7, 11) is 3.19. The lowest BCUT2D eigenvalue weighted by Gasteiger charge is -2.10. The number of rotatable bonds is 7. The lowest BCUT2D eigenvalue weighted by molar-refractivity contribution is 0.0947. The Kier molecular flexibility index (Phi) is 5.52. The van der Waals surface area contributed by atoms with Gasteiger partial charge in [0.1, 0.15) is 17.2 Å². The van der Waals surface area contributed by atoms with E-state index in [1.807, 2.05) is 29.6 Å². The van der Waals surface area contributed by atoms with Crippen LogP contribution >= 0.6 is 22.7 Å². The van der Waals surface area contributed by atoms with Gasteiger partial charge in [0.05, 0.1) is 26.5 Å². The molecule has 130 valence electrons. The summed E-state index contributed by atoms with van der Waals surface area (Å²) in [6.07, 6.45) is 0. The minimum atomic E-state index is -0.195. The van der Waals surface area contributed by atoms with E-state index in [1.165, 1.54) is 11.3 Å². The standard InChI is InChI=1S/C17H17N3O3S2/c1-22-11-5-6-13(15(8-11)23-2)19-17-20-14(10-25-17)16(21)18-9-12-4-3-7-24-12/h3-8,10H,9H2,1-2H3,(H,18,21)(H,19,20). The number of thiophene rings is 1. The van der Waals surface area contributed by atoms with E-state index < -0.39 is 0 Å². The molecular weight excluding hydrogens is 358 g/mol. The third-order valence-corrected chi connectivity index (χ3v) is 5.02. The molecule has 6 nitrogen and oxygen atoms in total. The molecule has 3 rings (SSSR count). The molecule has 2 N–H and O–H groups in total. The molecule has 8 heteroatoms. The van der Waals surface area contributed by atoms with Gasteiger partial charge in [-0.15, -0.1) is 22.7 Å². The van der Waals surface area contributed by atoms with Crippen LogP contribution in [0.1, 0.15) is 15.4 Å². The maximum atomic E-state index is 12.2. The Hall–Kier alpha value is -2.58. The number of benzene rings is 1. The summed E-state index contributed by atoms with van der Waals surface area (Å²) in [5.74, 6) is 1.15. The number of aromatic nitrogens is 1. The number of carbonyl (C=O) groups is 1. The lowest BCUT2D eigenvalue weighted by atomic mass is 10.3. The SMILES string of the molecule is COc1ccc(Nc2nc(C(=O)NCc3cccs3)cs2)c(OC)c1. The highest BCUT2D eigenvalue weighted by atomic mass is 32.1. The summed E-state index contributed by atoms with van der Waals surface area (Å²) < 4.78 is 10.5. The molecule has 2 heterocycles.